The fraction of sp³-hybridized carbons (Fsp3) is 0.579. The van der Waals surface area contributed by atoms with Crippen molar-refractivity contribution in [2.75, 3.05) is 13.2 Å². The largest absolute Gasteiger partial charge is 0.353 e. The maximum atomic E-state index is 10.8. The van der Waals surface area contributed by atoms with Crippen molar-refractivity contribution in [3.63, 3.8) is 0 Å². The lowest BCUT2D eigenvalue weighted by Crippen LogP contribution is -2.11. The third kappa shape index (κ3) is 15.1. The first-order valence-electron chi connectivity index (χ1n) is 8.51. The molecule has 1 rings (SSSR count). The normalized spacial score (nSPS) is 9.60. The molecule has 144 valence electrons. The molecule has 1 aromatic rings. The van der Waals surface area contributed by atoms with E-state index in [1.165, 1.54) is 12.8 Å². The highest BCUT2D eigenvalue weighted by molar-refractivity contribution is 6.37. The van der Waals surface area contributed by atoms with E-state index in [0.29, 0.717) is 15.6 Å². The molecule has 0 aliphatic heterocycles. The Kier molecular flexibility index (Phi) is 18.8. The number of aldehydes is 1. The smallest absolute Gasteiger partial charge is 0.199 e. The number of carbonyl (C=O) groups excluding carboxylic acids is 2. The minimum Gasteiger partial charge on any atom is -0.353 e. The number of hydrogen-bond acceptors (Lipinski definition) is 4. The van der Waals surface area contributed by atoms with Crippen LogP contribution in [0, 0.1) is 0 Å². The molecule has 0 N–H and O–H groups in total. The number of rotatable bonds is 8. The molecule has 0 fully saturated rings. The summed E-state index contributed by atoms with van der Waals surface area (Å²) >= 11 is 11.6. The Hall–Kier alpha value is -0.940. The van der Waals surface area contributed by atoms with Crippen LogP contribution in [0.5, 0.6) is 0 Å². The van der Waals surface area contributed by atoms with Gasteiger partial charge in [0.1, 0.15) is 0 Å². The van der Waals surface area contributed by atoms with Gasteiger partial charge in [0.25, 0.3) is 0 Å². The van der Waals surface area contributed by atoms with E-state index in [-0.39, 0.29) is 19.0 Å². The van der Waals surface area contributed by atoms with Crippen LogP contribution in [0.2, 0.25) is 10.0 Å². The lowest BCUT2D eigenvalue weighted by atomic mass is 10.1. The van der Waals surface area contributed by atoms with E-state index >= 15 is 0 Å². The fourth-order valence-corrected chi connectivity index (χ4v) is 1.97. The summed E-state index contributed by atoms with van der Waals surface area (Å²) in [6.07, 6.45) is 2.83. The van der Waals surface area contributed by atoms with Gasteiger partial charge in [-0.05, 0) is 38.5 Å². The monoisotopic (exact) mass is 392 g/mol. The molecular weight excluding hydrogens is 363 g/mol. The standard InChI is InChI=1S/C9H6Cl2O2.C6H14O2.C4H10/c10-8-2-1-3-9(11)7(8)4-6(13)5-12;1-4-7-6(3)8-5-2;1-3-4-2/h1-3,5H,4H2;6H,4-5H2,1-3H3;3-4H2,1-2H3. The number of benzene rings is 1. The Morgan fingerprint density at radius 3 is 1.80 bits per heavy atom. The van der Waals surface area contributed by atoms with E-state index in [4.69, 9.17) is 32.7 Å². The van der Waals surface area contributed by atoms with E-state index in [0.717, 1.165) is 13.2 Å². The Morgan fingerprint density at radius 1 is 1.04 bits per heavy atom. The van der Waals surface area contributed by atoms with Gasteiger partial charge in [-0.15, -0.1) is 0 Å². The molecule has 0 unspecified atom stereocenters. The third-order valence-electron chi connectivity index (χ3n) is 2.85. The maximum absolute atomic E-state index is 10.8. The lowest BCUT2D eigenvalue weighted by Gasteiger charge is -2.09. The predicted molar refractivity (Wildman–Crippen MR) is 105 cm³/mol. The van der Waals surface area contributed by atoms with Crippen LogP contribution in [-0.4, -0.2) is 31.6 Å². The molecule has 25 heavy (non-hydrogen) atoms. The molecule has 0 spiro atoms. The van der Waals surface area contributed by atoms with Gasteiger partial charge in [0.2, 0.25) is 0 Å². The zero-order valence-electron chi connectivity index (χ0n) is 15.8. The number of Topliss-reactive ketones (excluding diaryl/α,β-unsaturated/α-hetero) is 1. The van der Waals surface area contributed by atoms with Crippen molar-refractivity contribution < 1.29 is 19.1 Å². The number of ketones is 1. The van der Waals surface area contributed by atoms with Crippen molar-refractivity contribution in [3.05, 3.63) is 33.8 Å². The molecule has 0 aromatic heterocycles. The van der Waals surface area contributed by atoms with Crippen LogP contribution in [0.15, 0.2) is 18.2 Å². The summed E-state index contributed by atoms with van der Waals surface area (Å²) in [5.41, 5.74) is 0.503. The minimum atomic E-state index is -0.532. The Labute approximate surface area is 161 Å². The summed E-state index contributed by atoms with van der Waals surface area (Å²) in [5.74, 6) is -0.532. The Bertz CT molecular complexity index is 450. The predicted octanol–water partition coefficient (Wildman–Crippen LogP) is 5.52. The molecule has 0 bridgehead atoms. The second kappa shape index (κ2) is 17.9. The van der Waals surface area contributed by atoms with Crippen LogP contribution in [0.1, 0.15) is 53.0 Å². The maximum Gasteiger partial charge on any atom is 0.199 e. The van der Waals surface area contributed by atoms with Crippen LogP contribution < -0.4 is 0 Å². The topological polar surface area (TPSA) is 52.6 Å². The van der Waals surface area contributed by atoms with Crippen LogP contribution in [-0.2, 0) is 25.5 Å². The fourth-order valence-electron chi connectivity index (χ4n) is 1.43. The molecule has 1 aromatic carbocycles. The molecule has 0 saturated heterocycles. The summed E-state index contributed by atoms with van der Waals surface area (Å²) in [5, 5.41) is 0.811. The quantitative estimate of drug-likeness (QED) is 0.332. The molecule has 0 aliphatic rings. The zero-order valence-corrected chi connectivity index (χ0v) is 17.3. The highest BCUT2D eigenvalue weighted by Crippen LogP contribution is 2.24. The number of hydrogen-bond donors (Lipinski definition) is 0. The van der Waals surface area contributed by atoms with Crippen molar-refractivity contribution >= 4 is 35.3 Å². The summed E-state index contributed by atoms with van der Waals surface area (Å²) < 4.78 is 10.1. The highest BCUT2D eigenvalue weighted by Gasteiger charge is 2.09. The van der Waals surface area contributed by atoms with Gasteiger partial charge in [-0.2, -0.15) is 0 Å². The molecule has 4 nitrogen and oxygen atoms in total. The Balaban J connectivity index is 0. The van der Waals surface area contributed by atoms with Gasteiger partial charge in [0.05, 0.1) is 0 Å². The lowest BCUT2D eigenvalue weighted by molar-refractivity contribution is -0.129. The van der Waals surface area contributed by atoms with E-state index in [2.05, 4.69) is 13.8 Å². The van der Waals surface area contributed by atoms with Gasteiger partial charge in [-0.1, -0.05) is 56.0 Å². The van der Waals surface area contributed by atoms with Gasteiger partial charge in [-0.3, -0.25) is 9.59 Å². The molecule has 0 aliphatic carbocycles. The summed E-state index contributed by atoms with van der Waals surface area (Å²) in [7, 11) is 0. The molecule has 0 saturated carbocycles. The van der Waals surface area contributed by atoms with Gasteiger partial charge in [0.15, 0.2) is 18.4 Å². The number of carbonyl (C=O) groups is 2. The summed E-state index contributed by atoms with van der Waals surface area (Å²) in [4.78, 5) is 20.9. The van der Waals surface area contributed by atoms with Gasteiger partial charge < -0.3 is 9.47 Å². The third-order valence-corrected chi connectivity index (χ3v) is 3.56. The van der Waals surface area contributed by atoms with Crippen LogP contribution >= 0.6 is 23.2 Å². The van der Waals surface area contributed by atoms with Gasteiger partial charge >= 0.3 is 0 Å². The first-order valence-corrected chi connectivity index (χ1v) is 9.27. The molecule has 0 radical (unpaired) electrons. The van der Waals surface area contributed by atoms with Crippen LogP contribution in [0.3, 0.4) is 0 Å². The average Bonchev–Trinajstić information content (AvgIpc) is 2.59. The summed E-state index contributed by atoms with van der Waals surface area (Å²) in [6.45, 7) is 11.6. The van der Waals surface area contributed by atoms with Gasteiger partial charge in [-0.25, -0.2) is 0 Å². The second-order valence-corrected chi connectivity index (χ2v) is 5.75. The van der Waals surface area contributed by atoms with E-state index in [1.54, 1.807) is 18.2 Å². The van der Waals surface area contributed by atoms with Crippen molar-refractivity contribution in [3.8, 4) is 0 Å². The first-order chi connectivity index (χ1) is 11.9. The first kappa shape index (κ1) is 26.3. The van der Waals surface area contributed by atoms with Crippen molar-refractivity contribution in [1.82, 2.24) is 0 Å². The number of unbranched alkanes of at least 4 members (excludes halogenated alkanes) is 1. The number of ether oxygens (including phenoxy) is 2. The van der Waals surface area contributed by atoms with Gasteiger partial charge in [0, 0.05) is 29.7 Å². The Morgan fingerprint density at radius 2 is 1.48 bits per heavy atom. The van der Waals surface area contributed by atoms with Crippen molar-refractivity contribution in [2.24, 2.45) is 0 Å². The number of halogens is 2. The molecule has 0 heterocycles. The molecule has 6 heteroatoms. The second-order valence-electron chi connectivity index (χ2n) is 4.94. The minimum absolute atomic E-state index is 0.0370. The average molecular weight is 393 g/mol. The van der Waals surface area contributed by atoms with E-state index in [1.807, 2.05) is 20.8 Å². The van der Waals surface area contributed by atoms with E-state index < -0.39 is 5.78 Å². The van der Waals surface area contributed by atoms with Crippen molar-refractivity contribution in [1.29, 1.82) is 0 Å². The molecular formula is C19H30Cl2O4. The highest BCUT2D eigenvalue weighted by atomic mass is 35.5. The zero-order chi connectivity index (χ0) is 19.7. The van der Waals surface area contributed by atoms with E-state index in [9.17, 15) is 9.59 Å². The van der Waals surface area contributed by atoms with Crippen molar-refractivity contribution in [2.45, 2.75) is 60.2 Å². The van der Waals surface area contributed by atoms with Crippen LogP contribution in [0.25, 0.3) is 0 Å². The van der Waals surface area contributed by atoms with Crippen LogP contribution in [0.4, 0.5) is 0 Å². The molecule has 0 amide bonds. The SMILES string of the molecule is CCCC.CCOC(C)OCC.O=CC(=O)Cc1c(Cl)cccc1Cl. The summed E-state index contributed by atoms with van der Waals surface area (Å²) in [6, 6.07) is 4.93. The molecule has 0 atom stereocenters.